The molecular formula is C16H19NO4. The smallest absolute Gasteiger partial charge is 0.161 e. The van der Waals surface area contributed by atoms with Crippen molar-refractivity contribution < 1.29 is 19.3 Å². The lowest BCUT2D eigenvalue weighted by atomic mass is 9.99. The van der Waals surface area contributed by atoms with Gasteiger partial charge in [-0.15, -0.1) is 0 Å². The van der Waals surface area contributed by atoms with Crippen LogP contribution in [0.25, 0.3) is 0 Å². The first-order chi connectivity index (χ1) is 10.1. The fourth-order valence-corrected chi connectivity index (χ4v) is 2.18. The number of nitrogen functional groups attached to an aromatic ring is 1. The highest BCUT2D eigenvalue weighted by Crippen LogP contribution is 2.36. The molecule has 112 valence electrons. The minimum absolute atomic E-state index is 0.419. The summed E-state index contributed by atoms with van der Waals surface area (Å²) in [6.07, 6.45) is -0.875. The van der Waals surface area contributed by atoms with Crippen molar-refractivity contribution in [1.82, 2.24) is 0 Å². The lowest BCUT2D eigenvalue weighted by molar-refractivity contribution is 0.220. The average molecular weight is 289 g/mol. The third-order valence-corrected chi connectivity index (χ3v) is 3.34. The lowest BCUT2D eigenvalue weighted by Crippen LogP contribution is -2.05. The molecular weight excluding hydrogens is 270 g/mol. The second-order valence-electron chi connectivity index (χ2n) is 4.48. The Bertz CT molecular complexity index is 628. The number of nitrogens with two attached hydrogens (primary N) is 1. The number of para-hydroxylation sites is 1. The molecule has 0 aromatic heterocycles. The number of aliphatic hydroxyl groups excluding tert-OH is 1. The molecule has 0 amide bonds. The summed E-state index contributed by atoms with van der Waals surface area (Å²) in [5.74, 6) is 1.69. The van der Waals surface area contributed by atoms with E-state index in [1.807, 2.05) is 0 Å². The van der Waals surface area contributed by atoms with Gasteiger partial charge in [-0.25, -0.2) is 0 Å². The van der Waals surface area contributed by atoms with E-state index in [9.17, 15) is 5.11 Å². The molecule has 0 radical (unpaired) electrons. The molecule has 2 aromatic carbocycles. The molecule has 1 unspecified atom stereocenters. The van der Waals surface area contributed by atoms with Gasteiger partial charge >= 0.3 is 0 Å². The Hall–Kier alpha value is -2.40. The van der Waals surface area contributed by atoms with Crippen LogP contribution in [-0.2, 0) is 0 Å². The predicted octanol–water partition coefficient (Wildman–Crippen LogP) is 2.38. The summed E-state index contributed by atoms with van der Waals surface area (Å²) in [7, 11) is 4.65. The lowest BCUT2D eigenvalue weighted by Gasteiger charge is -2.17. The molecule has 21 heavy (non-hydrogen) atoms. The number of hydrogen-bond acceptors (Lipinski definition) is 5. The van der Waals surface area contributed by atoms with Crippen molar-refractivity contribution in [1.29, 1.82) is 0 Å². The first-order valence-corrected chi connectivity index (χ1v) is 6.44. The number of methoxy groups -OCH3 is 3. The molecule has 0 aliphatic rings. The molecule has 2 rings (SSSR count). The van der Waals surface area contributed by atoms with Crippen molar-refractivity contribution in [3.63, 3.8) is 0 Å². The highest BCUT2D eigenvalue weighted by atomic mass is 16.5. The highest BCUT2D eigenvalue weighted by Gasteiger charge is 2.17. The van der Waals surface area contributed by atoms with E-state index in [0.717, 1.165) is 0 Å². The fraction of sp³-hybridized carbons (Fsp3) is 0.250. The molecule has 0 fully saturated rings. The normalized spacial score (nSPS) is 11.8. The molecule has 1 atom stereocenters. The Morgan fingerprint density at radius 2 is 1.57 bits per heavy atom. The van der Waals surface area contributed by atoms with Crippen molar-refractivity contribution in [2.75, 3.05) is 27.1 Å². The van der Waals surface area contributed by atoms with Gasteiger partial charge in [0.2, 0.25) is 0 Å². The summed E-state index contributed by atoms with van der Waals surface area (Å²) in [6.45, 7) is 0. The maximum atomic E-state index is 10.5. The molecule has 5 heteroatoms. The van der Waals surface area contributed by atoms with E-state index in [2.05, 4.69) is 0 Å². The maximum Gasteiger partial charge on any atom is 0.161 e. The van der Waals surface area contributed by atoms with Gasteiger partial charge in [0.15, 0.2) is 11.5 Å². The zero-order valence-corrected chi connectivity index (χ0v) is 12.3. The van der Waals surface area contributed by atoms with Crippen molar-refractivity contribution in [3.8, 4) is 17.2 Å². The summed E-state index contributed by atoms with van der Waals surface area (Å²) < 4.78 is 15.6. The van der Waals surface area contributed by atoms with Crippen molar-refractivity contribution in [2.45, 2.75) is 6.10 Å². The maximum absolute atomic E-state index is 10.5. The molecule has 3 N–H and O–H groups in total. The van der Waals surface area contributed by atoms with Crippen LogP contribution >= 0.6 is 0 Å². The number of aliphatic hydroxyl groups is 1. The van der Waals surface area contributed by atoms with Crippen LogP contribution < -0.4 is 19.9 Å². The molecule has 0 saturated carbocycles. The van der Waals surface area contributed by atoms with Gasteiger partial charge in [0, 0.05) is 5.56 Å². The Morgan fingerprint density at radius 3 is 2.19 bits per heavy atom. The van der Waals surface area contributed by atoms with Crippen LogP contribution in [0.5, 0.6) is 17.2 Å². The summed E-state index contributed by atoms with van der Waals surface area (Å²) in [5.41, 5.74) is 7.68. The summed E-state index contributed by atoms with van der Waals surface area (Å²) in [4.78, 5) is 0. The van der Waals surface area contributed by atoms with Crippen LogP contribution in [-0.4, -0.2) is 26.4 Å². The van der Waals surface area contributed by atoms with E-state index in [0.29, 0.717) is 34.1 Å². The predicted molar refractivity (Wildman–Crippen MR) is 81.0 cm³/mol. The van der Waals surface area contributed by atoms with Crippen molar-refractivity contribution >= 4 is 5.69 Å². The fourth-order valence-electron chi connectivity index (χ4n) is 2.18. The quantitative estimate of drug-likeness (QED) is 0.827. The summed E-state index contributed by atoms with van der Waals surface area (Å²) >= 11 is 0. The van der Waals surface area contributed by atoms with Gasteiger partial charge in [-0.3, -0.25) is 0 Å². The molecule has 0 aliphatic heterocycles. The minimum Gasteiger partial charge on any atom is -0.495 e. The molecule has 0 bridgehead atoms. The molecule has 0 aliphatic carbocycles. The van der Waals surface area contributed by atoms with Gasteiger partial charge in [0.1, 0.15) is 11.9 Å². The number of benzene rings is 2. The third kappa shape index (κ3) is 2.87. The minimum atomic E-state index is -0.875. The zero-order valence-electron chi connectivity index (χ0n) is 12.3. The first-order valence-electron chi connectivity index (χ1n) is 6.44. The van der Waals surface area contributed by atoms with E-state index in [-0.39, 0.29) is 0 Å². The first kappa shape index (κ1) is 15.0. The highest BCUT2D eigenvalue weighted by molar-refractivity contribution is 5.61. The van der Waals surface area contributed by atoms with Gasteiger partial charge in [-0.2, -0.15) is 0 Å². The molecule has 0 saturated heterocycles. The van der Waals surface area contributed by atoms with Gasteiger partial charge in [-0.05, 0) is 23.8 Å². The van der Waals surface area contributed by atoms with E-state index in [4.69, 9.17) is 19.9 Å². The van der Waals surface area contributed by atoms with Crippen LogP contribution in [0.4, 0.5) is 5.69 Å². The van der Waals surface area contributed by atoms with Crippen molar-refractivity contribution in [2.24, 2.45) is 0 Å². The number of ether oxygens (including phenoxy) is 3. The van der Waals surface area contributed by atoms with Crippen LogP contribution in [0.1, 0.15) is 17.2 Å². The number of hydrogen-bond donors (Lipinski definition) is 2. The van der Waals surface area contributed by atoms with Gasteiger partial charge in [0.25, 0.3) is 0 Å². The van der Waals surface area contributed by atoms with Gasteiger partial charge in [0.05, 0.1) is 27.0 Å². The van der Waals surface area contributed by atoms with Crippen LogP contribution in [0, 0.1) is 0 Å². The Labute approximate surface area is 123 Å². The van der Waals surface area contributed by atoms with E-state index in [1.54, 1.807) is 50.6 Å². The summed E-state index contributed by atoms with van der Waals surface area (Å²) in [5, 5.41) is 10.5. The molecule has 5 nitrogen and oxygen atoms in total. The Morgan fingerprint density at radius 1 is 0.905 bits per heavy atom. The monoisotopic (exact) mass is 289 g/mol. The summed E-state index contributed by atoms with van der Waals surface area (Å²) in [6, 6.07) is 10.5. The van der Waals surface area contributed by atoms with Crippen molar-refractivity contribution in [3.05, 3.63) is 47.5 Å². The second-order valence-corrected chi connectivity index (χ2v) is 4.48. The molecule has 2 aromatic rings. The number of anilines is 1. The standard InChI is InChI=1S/C16H19NO4/c1-19-12-8-7-10(9-14(12)21-3)16(18)11-5-4-6-13(20-2)15(11)17/h4-9,16,18H,17H2,1-3H3. The van der Waals surface area contributed by atoms with Crippen LogP contribution in [0.15, 0.2) is 36.4 Å². The van der Waals surface area contributed by atoms with Crippen LogP contribution in [0.3, 0.4) is 0 Å². The zero-order chi connectivity index (χ0) is 15.4. The SMILES string of the molecule is COc1ccc(C(O)c2cccc(OC)c2N)cc1OC. The van der Waals surface area contributed by atoms with Gasteiger partial charge in [-0.1, -0.05) is 18.2 Å². The third-order valence-electron chi connectivity index (χ3n) is 3.34. The van der Waals surface area contributed by atoms with E-state index >= 15 is 0 Å². The van der Waals surface area contributed by atoms with E-state index < -0.39 is 6.10 Å². The topological polar surface area (TPSA) is 73.9 Å². The van der Waals surface area contributed by atoms with Gasteiger partial charge < -0.3 is 25.1 Å². The Kier molecular flexibility index (Phi) is 4.55. The second kappa shape index (κ2) is 6.37. The Balaban J connectivity index is 2.42. The number of rotatable bonds is 5. The largest absolute Gasteiger partial charge is 0.495 e. The molecule has 0 spiro atoms. The van der Waals surface area contributed by atoms with Crippen LogP contribution in [0.2, 0.25) is 0 Å². The average Bonchev–Trinajstić information content (AvgIpc) is 2.53. The van der Waals surface area contributed by atoms with E-state index in [1.165, 1.54) is 7.11 Å². The molecule has 0 heterocycles.